The predicted octanol–water partition coefficient (Wildman–Crippen LogP) is 3.38. The third-order valence-corrected chi connectivity index (χ3v) is 5.53. The Morgan fingerprint density at radius 3 is 2.85 bits per heavy atom. The summed E-state index contributed by atoms with van der Waals surface area (Å²) in [7, 11) is 0. The van der Waals surface area contributed by atoms with Gasteiger partial charge >= 0.3 is 0 Å². The Balaban J connectivity index is 1.69. The monoisotopic (exact) mass is 377 g/mol. The molecule has 1 atom stereocenters. The SMILES string of the molecule is CCCN(C(=O)c1sc(COc2ccc(F)cc2)nc1C)C1CCNC1. The van der Waals surface area contributed by atoms with Crippen LogP contribution in [0.1, 0.15) is 40.1 Å². The molecule has 0 bridgehead atoms. The smallest absolute Gasteiger partial charge is 0.266 e. The minimum atomic E-state index is -0.298. The van der Waals surface area contributed by atoms with Crippen molar-refractivity contribution in [1.82, 2.24) is 15.2 Å². The molecule has 1 saturated heterocycles. The zero-order valence-corrected chi connectivity index (χ0v) is 15.9. The molecule has 1 amide bonds. The van der Waals surface area contributed by atoms with Crippen LogP contribution < -0.4 is 10.1 Å². The number of amides is 1. The van der Waals surface area contributed by atoms with Gasteiger partial charge in [-0.25, -0.2) is 9.37 Å². The molecule has 2 heterocycles. The van der Waals surface area contributed by atoms with Gasteiger partial charge in [0.25, 0.3) is 5.91 Å². The highest BCUT2D eigenvalue weighted by atomic mass is 32.1. The van der Waals surface area contributed by atoms with Crippen LogP contribution >= 0.6 is 11.3 Å². The lowest BCUT2D eigenvalue weighted by Crippen LogP contribution is -2.42. The summed E-state index contributed by atoms with van der Waals surface area (Å²) in [5.41, 5.74) is 0.741. The molecule has 1 aromatic heterocycles. The number of halogens is 1. The number of carbonyl (C=O) groups excluding carboxylic acids is 1. The number of hydrogen-bond acceptors (Lipinski definition) is 5. The molecular weight excluding hydrogens is 353 g/mol. The maximum Gasteiger partial charge on any atom is 0.266 e. The van der Waals surface area contributed by atoms with E-state index in [1.54, 1.807) is 12.1 Å². The van der Waals surface area contributed by atoms with Gasteiger partial charge in [-0.1, -0.05) is 6.92 Å². The highest BCUT2D eigenvalue weighted by Crippen LogP contribution is 2.24. The molecular formula is C19H24FN3O2S. The molecule has 2 aromatic rings. The summed E-state index contributed by atoms with van der Waals surface area (Å²) < 4.78 is 18.6. The molecule has 1 aliphatic rings. The van der Waals surface area contributed by atoms with Gasteiger partial charge in [0.1, 0.15) is 28.1 Å². The molecule has 0 saturated carbocycles. The van der Waals surface area contributed by atoms with Crippen molar-refractivity contribution in [2.45, 2.75) is 39.3 Å². The zero-order chi connectivity index (χ0) is 18.5. The molecule has 3 rings (SSSR count). The Labute approximate surface area is 157 Å². The minimum absolute atomic E-state index is 0.0589. The van der Waals surface area contributed by atoms with Crippen molar-refractivity contribution in [3.8, 4) is 5.75 Å². The van der Waals surface area contributed by atoms with Crippen LogP contribution in [0.4, 0.5) is 4.39 Å². The first-order valence-corrected chi connectivity index (χ1v) is 9.76. The van der Waals surface area contributed by atoms with E-state index in [1.165, 1.54) is 23.5 Å². The van der Waals surface area contributed by atoms with Crippen LogP contribution in [-0.2, 0) is 6.61 Å². The van der Waals surface area contributed by atoms with Crippen molar-refractivity contribution < 1.29 is 13.9 Å². The second kappa shape index (κ2) is 8.60. The van der Waals surface area contributed by atoms with Gasteiger partial charge in [-0.2, -0.15) is 0 Å². The molecule has 1 unspecified atom stereocenters. The van der Waals surface area contributed by atoms with Gasteiger partial charge in [-0.3, -0.25) is 4.79 Å². The molecule has 0 spiro atoms. The van der Waals surface area contributed by atoms with Crippen LogP contribution in [0, 0.1) is 12.7 Å². The Bertz CT molecular complexity index is 742. The van der Waals surface area contributed by atoms with Crippen LogP contribution in [0.5, 0.6) is 5.75 Å². The lowest BCUT2D eigenvalue weighted by atomic mass is 10.2. The van der Waals surface area contributed by atoms with E-state index < -0.39 is 0 Å². The molecule has 1 fully saturated rings. The average molecular weight is 377 g/mol. The van der Waals surface area contributed by atoms with E-state index in [0.717, 1.165) is 43.2 Å². The molecule has 5 nitrogen and oxygen atoms in total. The second-order valence-electron chi connectivity index (χ2n) is 6.41. The summed E-state index contributed by atoms with van der Waals surface area (Å²) in [6.07, 6.45) is 1.92. The fourth-order valence-corrected chi connectivity index (χ4v) is 4.05. The van der Waals surface area contributed by atoms with Crippen molar-refractivity contribution in [2.24, 2.45) is 0 Å². The molecule has 7 heteroatoms. The first-order valence-electron chi connectivity index (χ1n) is 8.95. The van der Waals surface area contributed by atoms with E-state index >= 15 is 0 Å². The molecule has 1 aliphatic heterocycles. The standard InChI is InChI=1S/C19H24FN3O2S/c1-3-10-23(15-8-9-21-11-15)19(24)18-13(2)22-17(26-18)12-25-16-6-4-14(20)5-7-16/h4-7,15,21H,3,8-12H2,1-2H3. The molecule has 0 radical (unpaired) electrons. The normalized spacial score (nSPS) is 16.7. The Hall–Kier alpha value is -1.99. The Morgan fingerprint density at radius 1 is 1.42 bits per heavy atom. The third kappa shape index (κ3) is 4.40. The molecule has 1 aromatic carbocycles. The fourth-order valence-electron chi connectivity index (χ4n) is 3.12. The van der Waals surface area contributed by atoms with E-state index in [1.807, 2.05) is 11.8 Å². The summed E-state index contributed by atoms with van der Waals surface area (Å²) in [5, 5.41) is 4.07. The highest BCUT2D eigenvalue weighted by molar-refractivity contribution is 7.13. The topological polar surface area (TPSA) is 54.5 Å². The minimum Gasteiger partial charge on any atom is -0.486 e. The first-order chi connectivity index (χ1) is 12.6. The molecule has 140 valence electrons. The van der Waals surface area contributed by atoms with Gasteiger partial charge in [0.15, 0.2) is 0 Å². The molecule has 26 heavy (non-hydrogen) atoms. The summed E-state index contributed by atoms with van der Waals surface area (Å²) in [4.78, 5) is 20.2. The number of aryl methyl sites for hydroxylation is 1. The van der Waals surface area contributed by atoms with Crippen molar-refractivity contribution in [1.29, 1.82) is 0 Å². The largest absolute Gasteiger partial charge is 0.486 e. The van der Waals surface area contributed by atoms with Gasteiger partial charge < -0.3 is 15.0 Å². The van der Waals surface area contributed by atoms with Crippen LogP contribution in [0.25, 0.3) is 0 Å². The Morgan fingerprint density at radius 2 is 2.19 bits per heavy atom. The summed E-state index contributed by atoms with van der Waals surface area (Å²) in [5.74, 6) is 0.341. The maximum absolute atomic E-state index is 13.1. The highest BCUT2D eigenvalue weighted by Gasteiger charge is 2.29. The predicted molar refractivity (Wildman–Crippen MR) is 100 cm³/mol. The number of nitrogens with zero attached hydrogens (tertiary/aromatic N) is 2. The quantitative estimate of drug-likeness (QED) is 0.804. The van der Waals surface area contributed by atoms with Crippen LogP contribution in [-0.4, -0.2) is 41.5 Å². The van der Waals surface area contributed by atoms with Gasteiger partial charge in [-0.05, 0) is 50.6 Å². The summed E-state index contributed by atoms with van der Waals surface area (Å²) in [6, 6.07) is 6.13. The number of ether oxygens (including phenoxy) is 1. The number of rotatable bonds is 7. The number of hydrogen-bond donors (Lipinski definition) is 1. The zero-order valence-electron chi connectivity index (χ0n) is 15.1. The van der Waals surface area contributed by atoms with Gasteiger partial charge in [0.05, 0.1) is 5.69 Å². The van der Waals surface area contributed by atoms with Crippen LogP contribution in [0.2, 0.25) is 0 Å². The lowest BCUT2D eigenvalue weighted by Gasteiger charge is -2.27. The third-order valence-electron chi connectivity index (χ3n) is 4.41. The van der Waals surface area contributed by atoms with Crippen molar-refractivity contribution >= 4 is 17.2 Å². The van der Waals surface area contributed by atoms with Crippen molar-refractivity contribution in [2.75, 3.05) is 19.6 Å². The van der Waals surface area contributed by atoms with E-state index in [0.29, 0.717) is 10.6 Å². The summed E-state index contributed by atoms with van der Waals surface area (Å²) in [6.45, 7) is 6.78. The molecule has 0 aliphatic carbocycles. The van der Waals surface area contributed by atoms with Gasteiger partial charge in [0, 0.05) is 19.1 Å². The lowest BCUT2D eigenvalue weighted by molar-refractivity contribution is 0.0696. The first kappa shape index (κ1) is 18.8. The number of aromatic nitrogens is 1. The van der Waals surface area contributed by atoms with Crippen LogP contribution in [0.15, 0.2) is 24.3 Å². The van der Waals surface area contributed by atoms with Gasteiger partial charge in [0.2, 0.25) is 0 Å². The van der Waals surface area contributed by atoms with E-state index in [4.69, 9.17) is 4.74 Å². The van der Waals surface area contributed by atoms with Gasteiger partial charge in [-0.15, -0.1) is 11.3 Å². The maximum atomic E-state index is 13.1. The average Bonchev–Trinajstić information content (AvgIpc) is 3.28. The number of thiazole rings is 1. The van der Waals surface area contributed by atoms with Crippen molar-refractivity contribution in [3.05, 3.63) is 45.7 Å². The number of benzene rings is 1. The number of carbonyl (C=O) groups is 1. The van der Waals surface area contributed by atoms with E-state index in [-0.39, 0.29) is 24.4 Å². The Kier molecular flexibility index (Phi) is 6.21. The number of nitrogens with one attached hydrogen (secondary N) is 1. The second-order valence-corrected chi connectivity index (χ2v) is 7.49. The fraction of sp³-hybridized carbons (Fsp3) is 0.474. The molecule has 1 N–H and O–H groups in total. The van der Waals surface area contributed by atoms with Crippen molar-refractivity contribution in [3.63, 3.8) is 0 Å². The summed E-state index contributed by atoms with van der Waals surface area (Å²) >= 11 is 1.38. The van der Waals surface area contributed by atoms with E-state index in [9.17, 15) is 9.18 Å². The van der Waals surface area contributed by atoms with E-state index in [2.05, 4.69) is 17.2 Å². The van der Waals surface area contributed by atoms with Crippen LogP contribution in [0.3, 0.4) is 0 Å².